The third-order valence-corrected chi connectivity index (χ3v) is 6.38. The molecular weight excluding hydrogens is 350 g/mol. The summed E-state index contributed by atoms with van der Waals surface area (Å²) in [7, 11) is 1.71. The standard InChI is InChI=1S/C24H33NO3/c1-4-23(2)18-24(14-16-28-23,20-9-11-21(27-3)12-10-20)13-15-25-17-19-7-5-6-8-22(19)26/h5-12,25-26H,4,13-18H2,1-3H3/p+1. The molecule has 1 aliphatic heterocycles. The Hall–Kier alpha value is -2.04. The summed E-state index contributed by atoms with van der Waals surface area (Å²) in [5, 5.41) is 12.3. The Balaban J connectivity index is 1.73. The maximum Gasteiger partial charge on any atom is 0.124 e. The van der Waals surface area contributed by atoms with E-state index in [1.54, 1.807) is 13.2 Å². The molecule has 152 valence electrons. The third-order valence-electron chi connectivity index (χ3n) is 6.38. The molecule has 2 unspecified atom stereocenters. The van der Waals surface area contributed by atoms with Gasteiger partial charge in [-0.3, -0.25) is 0 Å². The number of hydrogen-bond donors (Lipinski definition) is 2. The van der Waals surface area contributed by atoms with Crippen LogP contribution in [0.1, 0.15) is 50.7 Å². The van der Waals surface area contributed by atoms with Gasteiger partial charge < -0.3 is 19.9 Å². The molecule has 0 saturated carbocycles. The van der Waals surface area contributed by atoms with E-state index in [0.29, 0.717) is 5.75 Å². The van der Waals surface area contributed by atoms with E-state index >= 15 is 0 Å². The molecule has 0 radical (unpaired) electrons. The number of phenols is 1. The molecule has 28 heavy (non-hydrogen) atoms. The van der Waals surface area contributed by atoms with Gasteiger partial charge in [-0.25, -0.2) is 0 Å². The van der Waals surface area contributed by atoms with Gasteiger partial charge in [0.2, 0.25) is 0 Å². The fraction of sp³-hybridized carbons (Fsp3) is 0.500. The van der Waals surface area contributed by atoms with Gasteiger partial charge in [-0.2, -0.15) is 0 Å². The first-order valence-corrected chi connectivity index (χ1v) is 10.4. The zero-order valence-electron chi connectivity index (χ0n) is 17.4. The number of hydrogen-bond acceptors (Lipinski definition) is 3. The number of para-hydroxylation sites is 1. The maximum absolute atomic E-state index is 9.99. The van der Waals surface area contributed by atoms with Crippen LogP contribution >= 0.6 is 0 Å². The molecule has 2 atom stereocenters. The molecule has 0 amide bonds. The van der Waals surface area contributed by atoms with Crippen molar-refractivity contribution < 1.29 is 19.9 Å². The van der Waals surface area contributed by atoms with E-state index in [4.69, 9.17) is 9.47 Å². The lowest BCUT2D eigenvalue weighted by Gasteiger charge is -2.46. The van der Waals surface area contributed by atoms with Gasteiger partial charge in [0.1, 0.15) is 18.0 Å². The third kappa shape index (κ3) is 4.68. The van der Waals surface area contributed by atoms with Crippen molar-refractivity contribution in [2.45, 2.75) is 57.1 Å². The number of aromatic hydroxyl groups is 1. The van der Waals surface area contributed by atoms with Gasteiger partial charge in [-0.05, 0) is 56.0 Å². The van der Waals surface area contributed by atoms with E-state index in [1.165, 1.54) is 5.56 Å². The first-order chi connectivity index (χ1) is 13.5. The van der Waals surface area contributed by atoms with Crippen LogP contribution in [0.25, 0.3) is 0 Å². The minimum atomic E-state index is -0.0735. The lowest BCUT2D eigenvalue weighted by molar-refractivity contribution is -0.672. The molecule has 3 rings (SSSR count). The number of methoxy groups -OCH3 is 1. The van der Waals surface area contributed by atoms with Crippen molar-refractivity contribution in [2.24, 2.45) is 0 Å². The molecule has 2 aromatic carbocycles. The highest BCUT2D eigenvalue weighted by Crippen LogP contribution is 2.45. The van der Waals surface area contributed by atoms with E-state index in [2.05, 4.69) is 43.4 Å². The highest BCUT2D eigenvalue weighted by molar-refractivity contribution is 5.33. The Morgan fingerprint density at radius 2 is 1.89 bits per heavy atom. The van der Waals surface area contributed by atoms with E-state index < -0.39 is 0 Å². The highest BCUT2D eigenvalue weighted by atomic mass is 16.5. The predicted octanol–water partition coefficient (Wildman–Crippen LogP) is 3.77. The number of rotatable bonds is 8. The summed E-state index contributed by atoms with van der Waals surface area (Å²) in [4.78, 5) is 0. The largest absolute Gasteiger partial charge is 0.507 e. The molecule has 0 aromatic heterocycles. The topological polar surface area (TPSA) is 55.3 Å². The average Bonchev–Trinajstić information content (AvgIpc) is 2.72. The smallest absolute Gasteiger partial charge is 0.124 e. The fourth-order valence-corrected chi connectivity index (χ4v) is 4.44. The molecular formula is C24H34NO3+. The summed E-state index contributed by atoms with van der Waals surface area (Å²) < 4.78 is 11.5. The van der Waals surface area contributed by atoms with E-state index in [9.17, 15) is 5.11 Å². The van der Waals surface area contributed by atoms with Crippen LogP contribution < -0.4 is 10.1 Å². The van der Waals surface area contributed by atoms with Gasteiger partial charge in [0.05, 0.1) is 19.3 Å². The quantitative estimate of drug-likeness (QED) is 0.681. The second-order valence-corrected chi connectivity index (χ2v) is 8.25. The molecule has 1 heterocycles. The zero-order chi connectivity index (χ0) is 20.0. The Bertz CT molecular complexity index is 761. The second-order valence-electron chi connectivity index (χ2n) is 8.25. The van der Waals surface area contributed by atoms with Gasteiger partial charge in [-0.15, -0.1) is 0 Å². The second kappa shape index (κ2) is 8.97. The first-order valence-electron chi connectivity index (χ1n) is 10.4. The summed E-state index contributed by atoms with van der Waals surface area (Å²) >= 11 is 0. The van der Waals surface area contributed by atoms with Gasteiger partial charge >= 0.3 is 0 Å². The fourth-order valence-electron chi connectivity index (χ4n) is 4.44. The molecule has 0 bridgehead atoms. The van der Waals surface area contributed by atoms with Crippen LogP contribution in [0.3, 0.4) is 0 Å². The van der Waals surface area contributed by atoms with Gasteiger partial charge in [-0.1, -0.05) is 31.2 Å². The van der Waals surface area contributed by atoms with Crippen molar-refractivity contribution in [1.29, 1.82) is 0 Å². The summed E-state index contributed by atoms with van der Waals surface area (Å²) in [5.74, 6) is 1.28. The summed E-state index contributed by atoms with van der Waals surface area (Å²) in [6.45, 7) is 7.08. The lowest BCUT2D eigenvalue weighted by atomic mass is 9.66. The van der Waals surface area contributed by atoms with Crippen molar-refractivity contribution in [1.82, 2.24) is 0 Å². The van der Waals surface area contributed by atoms with Crippen LogP contribution in [-0.4, -0.2) is 31.0 Å². The molecule has 0 aliphatic carbocycles. The Morgan fingerprint density at radius 3 is 2.57 bits per heavy atom. The predicted molar refractivity (Wildman–Crippen MR) is 112 cm³/mol. The van der Waals surface area contributed by atoms with Crippen molar-refractivity contribution in [3.05, 3.63) is 59.7 Å². The summed E-state index contributed by atoms with van der Waals surface area (Å²) in [5.41, 5.74) is 2.42. The lowest BCUT2D eigenvalue weighted by Crippen LogP contribution is -2.83. The van der Waals surface area contributed by atoms with Crippen molar-refractivity contribution in [2.75, 3.05) is 20.3 Å². The minimum absolute atomic E-state index is 0.0735. The van der Waals surface area contributed by atoms with Crippen molar-refractivity contribution in [3.8, 4) is 11.5 Å². The number of benzene rings is 2. The van der Waals surface area contributed by atoms with Crippen LogP contribution in [0.15, 0.2) is 48.5 Å². The van der Waals surface area contributed by atoms with E-state index in [-0.39, 0.29) is 11.0 Å². The molecule has 3 N–H and O–H groups in total. The van der Waals surface area contributed by atoms with Gasteiger partial charge in [0.15, 0.2) is 0 Å². The molecule has 1 aliphatic rings. The summed E-state index contributed by atoms with van der Waals surface area (Å²) in [6.07, 6.45) is 4.19. The number of phenolic OH excluding ortho intramolecular Hbond substituents is 1. The van der Waals surface area contributed by atoms with Gasteiger partial charge in [0.25, 0.3) is 0 Å². The Labute approximate surface area is 168 Å². The summed E-state index contributed by atoms with van der Waals surface area (Å²) in [6, 6.07) is 16.2. The molecule has 1 saturated heterocycles. The van der Waals surface area contributed by atoms with E-state index in [1.807, 2.05) is 18.2 Å². The minimum Gasteiger partial charge on any atom is -0.507 e. The molecule has 4 heteroatoms. The van der Waals surface area contributed by atoms with Crippen LogP contribution in [0.2, 0.25) is 0 Å². The normalized spacial score (nSPS) is 24.8. The van der Waals surface area contributed by atoms with Crippen LogP contribution in [-0.2, 0) is 16.7 Å². The van der Waals surface area contributed by atoms with Gasteiger partial charge in [0, 0.05) is 24.0 Å². The molecule has 2 aromatic rings. The SMILES string of the molecule is CCC1(C)CC(CC[NH2+]Cc2ccccc2O)(c2ccc(OC)cc2)CCO1. The van der Waals surface area contributed by atoms with Crippen LogP contribution in [0.4, 0.5) is 0 Å². The monoisotopic (exact) mass is 384 g/mol. The number of quaternary nitrogens is 1. The van der Waals surface area contributed by atoms with Crippen LogP contribution in [0.5, 0.6) is 11.5 Å². The Kier molecular flexibility index (Phi) is 6.63. The average molecular weight is 385 g/mol. The van der Waals surface area contributed by atoms with Crippen LogP contribution in [0, 0.1) is 0 Å². The first kappa shape index (κ1) is 20.7. The number of nitrogens with two attached hydrogens (primary N) is 1. The number of ether oxygens (including phenoxy) is 2. The molecule has 4 nitrogen and oxygen atoms in total. The Morgan fingerprint density at radius 1 is 1.14 bits per heavy atom. The molecule has 1 fully saturated rings. The maximum atomic E-state index is 9.99. The highest BCUT2D eigenvalue weighted by Gasteiger charge is 2.43. The molecule has 0 spiro atoms. The van der Waals surface area contributed by atoms with Crippen molar-refractivity contribution in [3.63, 3.8) is 0 Å². The zero-order valence-corrected chi connectivity index (χ0v) is 17.4. The van der Waals surface area contributed by atoms with Crippen molar-refractivity contribution >= 4 is 0 Å². The van der Waals surface area contributed by atoms with E-state index in [0.717, 1.165) is 56.7 Å².